The van der Waals surface area contributed by atoms with E-state index in [1.165, 1.54) is 25.3 Å². The standard InChI is InChI=1S/C22H23F5N2O5/c1-10-16(12-4-5-13(23)17(24)18(12)33-3)19(34-21(10,2)22(25,26)27)20(32)29-11-6-7-28-14(8-11)15(31)9-30/h4-8,10,15-16,19,30-31H,9H2,1-3H3,(H,28,29,32)/t10-,15+,16-,19+,21+/m0/s1. The van der Waals surface area contributed by atoms with Crippen LogP contribution in [0.1, 0.15) is 37.1 Å². The number of halogens is 5. The number of rotatable bonds is 6. The van der Waals surface area contributed by atoms with Gasteiger partial charge in [0, 0.05) is 29.3 Å². The van der Waals surface area contributed by atoms with E-state index in [0.29, 0.717) is 0 Å². The maximum absolute atomic E-state index is 14.4. The number of hydrogen-bond acceptors (Lipinski definition) is 6. The van der Waals surface area contributed by atoms with E-state index in [4.69, 9.17) is 14.6 Å². The molecule has 0 radical (unpaired) electrons. The Morgan fingerprint density at radius 3 is 2.59 bits per heavy atom. The predicted octanol–water partition coefficient (Wildman–Crippen LogP) is 3.47. The number of hydrogen-bond donors (Lipinski definition) is 3. The molecule has 12 heteroatoms. The van der Waals surface area contributed by atoms with Gasteiger partial charge in [-0.3, -0.25) is 9.78 Å². The summed E-state index contributed by atoms with van der Waals surface area (Å²) in [7, 11) is 1.03. The van der Waals surface area contributed by atoms with Crippen LogP contribution in [0.2, 0.25) is 0 Å². The highest BCUT2D eigenvalue weighted by Crippen LogP contribution is 2.55. The second-order valence-electron chi connectivity index (χ2n) is 8.10. The van der Waals surface area contributed by atoms with E-state index in [1.807, 2.05) is 0 Å². The van der Waals surface area contributed by atoms with E-state index in [9.17, 15) is 31.9 Å². The van der Waals surface area contributed by atoms with Crippen molar-refractivity contribution >= 4 is 11.6 Å². The Bertz CT molecular complexity index is 1070. The van der Waals surface area contributed by atoms with Crippen molar-refractivity contribution in [2.24, 2.45) is 5.92 Å². The van der Waals surface area contributed by atoms with Crippen LogP contribution < -0.4 is 10.1 Å². The number of methoxy groups -OCH3 is 1. The molecule has 2 heterocycles. The molecule has 0 bridgehead atoms. The van der Waals surface area contributed by atoms with E-state index >= 15 is 0 Å². The van der Waals surface area contributed by atoms with Crippen LogP contribution in [0.25, 0.3) is 0 Å². The summed E-state index contributed by atoms with van der Waals surface area (Å²) in [6.07, 6.45) is -6.77. The zero-order valence-electron chi connectivity index (χ0n) is 18.4. The van der Waals surface area contributed by atoms with Crippen LogP contribution in [0.15, 0.2) is 30.5 Å². The van der Waals surface area contributed by atoms with Crippen molar-refractivity contribution in [3.8, 4) is 5.75 Å². The number of carbonyl (C=O) groups excluding carboxylic acids is 1. The van der Waals surface area contributed by atoms with Crippen LogP contribution in [0.3, 0.4) is 0 Å². The highest BCUT2D eigenvalue weighted by Gasteiger charge is 2.65. The van der Waals surface area contributed by atoms with Crippen LogP contribution in [0, 0.1) is 17.6 Å². The van der Waals surface area contributed by atoms with E-state index in [0.717, 1.165) is 26.2 Å². The Labute approximate surface area is 191 Å². The van der Waals surface area contributed by atoms with E-state index < -0.39 is 65.7 Å². The topological polar surface area (TPSA) is 101 Å². The highest BCUT2D eigenvalue weighted by atomic mass is 19.4. The molecule has 1 aromatic carbocycles. The molecule has 1 fully saturated rings. The molecule has 0 unspecified atom stereocenters. The number of nitrogens with zero attached hydrogens (tertiary/aromatic N) is 1. The van der Waals surface area contributed by atoms with E-state index in [-0.39, 0.29) is 16.9 Å². The van der Waals surface area contributed by atoms with E-state index in [1.54, 1.807) is 0 Å². The fourth-order valence-corrected chi connectivity index (χ4v) is 4.06. The number of anilines is 1. The van der Waals surface area contributed by atoms with Crippen LogP contribution in [-0.4, -0.2) is 52.7 Å². The zero-order chi connectivity index (χ0) is 25.4. The first-order valence-corrected chi connectivity index (χ1v) is 10.2. The van der Waals surface area contributed by atoms with Gasteiger partial charge in [-0.1, -0.05) is 13.0 Å². The molecule has 1 amide bonds. The van der Waals surface area contributed by atoms with Gasteiger partial charge in [0.2, 0.25) is 5.82 Å². The molecular formula is C22H23F5N2O5. The Balaban J connectivity index is 2.05. The number of carbonyl (C=O) groups is 1. The van der Waals surface area contributed by atoms with Gasteiger partial charge in [-0.2, -0.15) is 17.6 Å². The second-order valence-corrected chi connectivity index (χ2v) is 8.10. The number of aliphatic hydroxyl groups is 2. The third-order valence-electron chi connectivity index (χ3n) is 6.13. The molecule has 3 rings (SSSR count). The third kappa shape index (κ3) is 4.44. The van der Waals surface area contributed by atoms with Crippen LogP contribution in [0.4, 0.5) is 27.6 Å². The molecule has 2 aromatic rings. The first-order valence-electron chi connectivity index (χ1n) is 10.2. The minimum absolute atomic E-state index is 0.0139. The zero-order valence-corrected chi connectivity index (χ0v) is 18.4. The molecule has 0 aliphatic carbocycles. The smallest absolute Gasteiger partial charge is 0.417 e. The number of ether oxygens (including phenoxy) is 2. The molecule has 0 saturated carbocycles. The number of aromatic nitrogens is 1. The molecule has 3 N–H and O–H groups in total. The lowest BCUT2D eigenvalue weighted by molar-refractivity contribution is -0.272. The summed E-state index contributed by atoms with van der Waals surface area (Å²) in [5.41, 5.74) is -2.87. The molecule has 1 aliphatic rings. The van der Waals surface area contributed by atoms with Gasteiger partial charge < -0.3 is 25.0 Å². The molecular weight excluding hydrogens is 467 g/mol. The van der Waals surface area contributed by atoms with Crippen molar-refractivity contribution in [1.82, 2.24) is 4.98 Å². The molecule has 0 spiro atoms. The summed E-state index contributed by atoms with van der Waals surface area (Å²) >= 11 is 0. The third-order valence-corrected chi connectivity index (χ3v) is 6.13. The summed E-state index contributed by atoms with van der Waals surface area (Å²) in [5.74, 6) is -7.04. The Morgan fingerprint density at radius 1 is 1.32 bits per heavy atom. The summed E-state index contributed by atoms with van der Waals surface area (Å²) in [5, 5.41) is 21.2. The highest BCUT2D eigenvalue weighted by molar-refractivity contribution is 5.95. The maximum Gasteiger partial charge on any atom is 0.417 e. The normalized spacial score (nSPS) is 25.8. The van der Waals surface area contributed by atoms with Gasteiger partial charge >= 0.3 is 6.18 Å². The molecule has 186 valence electrons. The summed E-state index contributed by atoms with van der Waals surface area (Å²) in [6, 6.07) is 4.35. The fraction of sp³-hybridized carbons (Fsp3) is 0.455. The first-order chi connectivity index (χ1) is 15.9. The minimum atomic E-state index is -4.89. The van der Waals surface area contributed by atoms with Gasteiger partial charge in [-0.25, -0.2) is 4.39 Å². The van der Waals surface area contributed by atoms with Crippen molar-refractivity contribution in [3.05, 3.63) is 53.4 Å². The number of aliphatic hydroxyl groups excluding tert-OH is 2. The second kappa shape index (κ2) is 9.43. The van der Waals surface area contributed by atoms with Crippen molar-refractivity contribution in [2.45, 2.75) is 43.8 Å². The van der Waals surface area contributed by atoms with Crippen LogP contribution >= 0.6 is 0 Å². The number of pyridine rings is 1. The lowest BCUT2D eigenvalue weighted by Crippen LogP contribution is -2.47. The van der Waals surface area contributed by atoms with Crippen LogP contribution in [0.5, 0.6) is 5.75 Å². The quantitative estimate of drug-likeness (QED) is 0.537. The number of nitrogens with one attached hydrogen (secondary N) is 1. The van der Waals surface area contributed by atoms with E-state index in [2.05, 4.69) is 10.3 Å². The molecule has 1 saturated heterocycles. The summed E-state index contributed by atoms with van der Waals surface area (Å²) < 4.78 is 80.3. The minimum Gasteiger partial charge on any atom is -0.493 e. The largest absolute Gasteiger partial charge is 0.493 e. The monoisotopic (exact) mass is 490 g/mol. The molecule has 5 atom stereocenters. The number of benzene rings is 1. The Kier molecular flexibility index (Phi) is 7.15. The molecule has 34 heavy (non-hydrogen) atoms. The van der Waals surface area contributed by atoms with Crippen molar-refractivity contribution in [1.29, 1.82) is 0 Å². The van der Waals surface area contributed by atoms with Crippen molar-refractivity contribution in [2.75, 3.05) is 19.0 Å². The number of alkyl halides is 3. The fourth-order valence-electron chi connectivity index (χ4n) is 4.06. The van der Waals surface area contributed by atoms with Crippen LogP contribution in [-0.2, 0) is 9.53 Å². The van der Waals surface area contributed by atoms with Crippen molar-refractivity contribution in [3.63, 3.8) is 0 Å². The molecule has 1 aliphatic heterocycles. The average Bonchev–Trinajstić information content (AvgIpc) is 3.07. The van der Waals surface area contributed by atoms with Gasteiger partial charge in [0.05, 0.1) is 19.4 Å². The first kappa shape index (κ1) is 25.8. The average molecular weight is 490 g/mol. The SMILES string of the molecule is COc1c([C@H]2[C@H](C(=O)Nc3ccnc([C@H](O)CO)c3)O[C@@](C)(C(F)(F)F)[C@H]2C)ccc(F)c1F. The lowest BCUT2D eigenvalue weighted by atomic mass is 9.77. The van der Waals surface area contributed by atoms with Gasteiger partial charge in [-0.15, -0.1) is 0 Å². The molecule has 7 nitrogen and oxygen atoms in total. The van der Waals surface area contributed by atoms with Gasteiger partial charge in [0.25, 0.3) is 5.91 Å². The molecule has 1 aromatic heterocycles. The predicted molar refractivity (Wildman–Crippen MR) is 109 cm³/mol. The summed E-state index contributed by atoms with van der Waals surface area (Å²) in [4.78, 5) is 17.0. The summed E-state index contributed by atoms with van der Waals surface area (Å²) in [6.45, 7) is 1.34. The number of amides is 1. The van der Waals surface area contributed by atoms with Gasteiger partial charge in [0.1, 0.15) is 12.2 Å². The van der Waals surface area contributed by atoms with Gasteiger partial charge in [-0.05, 0) is 25.1 Å². The Hall–Kier alpha value is -2.83. The van der Waals surface area contributed by atoms with Gasteiger partial charge in [0.15, 0.2) is 17.2 Å². The maximum atomic E-state index is 14.4. The van der Waals surface area contributed by atoms with Crippen molar-refractivity contribution < 1.29 is 46.4 Å². The Morgan fingerprint density at radius 2 is 2.00 bits per heavy atom. The lowest BCUT2D eigenvalue weighted by Gasteiger charge is -2.32.